The van der Waals surface area contributed by atoms with E-state index in [0.717, 1.165) is 0 Å². The Balaban J connectivity index is 3.43. The van der Waals surface area contributed by atoms with E-state index in [0.29, 0.717) is 13.0 Å². The molecule has 0 heterocycles. The van der Waals surface area contributed by atoms with Crippen molar-refractivity contribution in [1.82, 2.24) is 5.32 Å². The molecule has 2 amide bonds. The summed E-state index contributed by atoms with van der Waals surface area (Å²) in [5, 5.41) is 2.45. The van der Waals surface area contributed by atoms with Crippen molar-refractivity contribution in [2.24, 2.45) is 11.7 Å². The van der Waals surface area contributed by atoms with E-state index in [-0.39, 0.29) is 11.8 Å². The highest BCUT2D eigenvalue weighted by Gasteiger charge is 2.08. The van der Waals surface area contributed by atoms with E-state index in [9.17, 15) is 9.59 Å². The highest BCUT2D eigenvalue weighted by Crippen LogP contribution is 1.97. The van der Waals surface area contributed by atoms with Crippen molar-refractivity contribution in [2.75, 3.05) is 13.7 Å². The van der Waals surface area contributed by atoms with Crippen molar-refractivity contribution in [1.29, 1.82) is 0 Å². The second kappa shape index (κ2) is 5.40. The first-order valence-corrected chi connectivity index (χ1v) is 3.69. The van der Waals surface area contributed by atoms with Crippen LogP contribution in [0.5, 0.6) is 0 Å². The fourth-order valence-corrected chi connectivity index (χ4v) is 0.605. The smallest absolute Gasteiger partial charge is 0.406 e. The molecule has 0 aliphatic heterocycles. The molecule has 0 rings (SSSR count). The molecule has 0 spiro atoms. The van der Waals surface area contributed by atoms with Crippen LogP contribution in [-0.2, 0) is 9.53 Å². The largest absolute Gasteiger partial charge is 0.453 e. The molecule has 0 saturated carbocycles. The fraction of sp³-hybridized carbons (Fsp3) is 0.714. The van der Waals surface area contributed by atoms with Crippen molar-refractivity contribution in [2.45, 2.75) is 13.3 Å². The number of hydrogen-bond donors (Lipinski definition) is 2. The van der Waals surface area contributed by atoms with Gasteiger partial charge in [0.2, 0.25) is 5.91 Å². The van der Waals surface area contributed by atoms with Gasteiger partial charge in [-0.3, -0.25) is 4.79 Å². The minimum absolute atomic E-state index is 0.220. The van der Waals surface area contributed by atoms with Crippen molar-refractivity contribution in [3.8, 4) is 0 Å². The van der Waals surface area contributed by atoms with Gasteiger partial charge < -0.3 is 15.8 Å². The molecule has 1 atom stereocenters. The van der Waals surface area contributed by atoms with E-state index in [4.69, 9.17) is 5.73 Å². The summed E-state index contributed by atoms with van der Waals surface area (Å²) >= 11 is 0. The Morgan fingerprint density at radius 1 is 1.58 bits per heavy atom. The molecule has 5 heteroatoms. The van der Waals surface area contributed by atoms with E-state index >= 15 is 0 Å². The van der Waals surface area contributed by atoms with Gasteiger partial charge in [0.25, 0.3) is 0 Å². The molecule has 3 N–H and O–H groups in total. The zero-order valence-electron chi connectivity index (χ0n) is 7.29. The van der Waals surface area contributed by atoms with Crippen LogP contribution in [0.25, 0.3) is 0 Å². The van der Waals surface area contributed by atoms with Gasteiger partial charge in [-0.15, -0.1) is 0 Å². The summed E-state index contributed by atoms with van der Waals surface area (Å²) in [6.45, 7) is 2.11. The number of alkyl carbamates (subject to hydrolysis) is 1. The van der Waals surface area contributed by atoms with Gasteiger partial charge >= 0.3 is 6.09 Å². The molecule has 5 nitrogen and oxygen atoms in total. The predicted octanol–water partition coefficient (Wildman–Crippen LogP) is -0.146. The summed E-state index contributed by atoms with van der Waals surface area (Å²) in [5.74, 6) is -0.580. The summed E-state index contributed by atoms with van der Waals surface area (Å²) in [4.78, 5) is 21.0. The van der Waals surface area contributed by atoms with Crippen molar-refractivity contribution >= 4 is 12.0 Å². The van der Waals surface area contributed by atoms with Gasteiger partial charge in [-0.05, 0) is 6.42 Å². The molecule has 0 saturated heterocycles. The first-order chi connectivity index (χ1) is 5.57. The highest BCUT2D eigenvalue weighted by atomic mass is 16.5. The number of ether oxygens (including phenoxy) is 1. The third-order valence-electron chi connectivity index (χ3n) is 1.52. The van der Waals surface area contributed by atoms with Crippen LogP contribution in [0.3, 0.4) is 0 Å². The first kappa shape index (κ1) is 10.7. The normalized spacial score (nSPS) is 11.8. The van der Waals surface area contributed by atoms with Crippen LogP contribution in [0.1, 0.15) is 13.3 Å². The zero-order valence-corrected chi connectivity index (χ0v) is 7.29. The minimum atomic E-state index is -0.494. The van der Waals surface area contributed by atoms with E-state index in [1.807, 2.05) is 0 Å². The van der Waals surface area contributed by atoms with Gasteiger partial charge in [0.1, 0.15) is 0 Å². The average Bonchev–Trinajstić information content (AvgIpc) is 2.03. The molecule has 0 aliphatic carbocycles. The molecule has 0 aliphatic rings. The van der Waals surface area contributed by atoms with Crippen LogP contribution >= 0.6 is 0 Å². The van der Waals surface area contributed by atoms with Crippen LogP contribution in [0.4, 0.5) is 4.79 Å². The second-order valence-corrected chi connectivity index (χ2v) is 2.51. The van der Waals surface area contributed by atoms with Gasteiger partial charge in [0.05, 0.1) is 7.11 Å². The zero-order chi connectivity index (χ0) is 9.56. The molecular formula is C7H14N2O3. The second-order valence-electron chi connectivity index (χ2n) is 2.51. The number of amides is 2. The molecule has 0 aromatic rings. The third kappa shape index (κ3) is 4.54. The summed E-state index contributed by atoms with van der Waals surface area (Å²) < 4.78 is 4.33. The topological polar surface area (TPSA) is 81.4 Å². The lowest BCUT2D eigenvalue weighted by Gasteiger charge is -2.06. The van der Waals surface area contributed by atoms with E-state index in [2.05, 4.69) is 10.1 Å². The Bertz CT molecular complexity index is 170. The summed E-state index contributed by atoms with van der Waals surface area (Å²) in [5.41, 5.74) is 5.00. The number of nitrogens with two attached hydrogens (primary N) is 1. The first-order valence-electron chi connectivity index (χ1n) is 3.69. The summed E-state index contributed by atoms with van der Waals surface area (Å²) in [6, 6.07) is 0. The summed E-state index contributed by atoms with van der Waals surface area (Å²) in [6.07, 6.45) is 0.0384. The predicted molar refractivity (Wildman–Crippen MR) is 43.4 cm³/mol. The lowest BCUT2D eigenvalue weighted by atomic mass is 10.1. The number of methoxy groups -OCH3 is 1. The lowest BCUT2D eigenvalue weighted by molar-refractivity contribution is -0.121. The number of hydrogen-bond acceptors (Lipinski definition) is 3. The van der Waals surface area contributed by atoms with E-state index in [1.54, 1.807) is 6.92 Å². The number of carbonyl (C=O) groups is 2. The Morgan fingerprint density at radius 3 is 2.58 bits per heavy atom. The average molecular weight is 174 g/mol. The van der Waals surface area contributed by atoms with Gasteiger partial charge in [-0.2, -0.15) is 0 Å². The number of rotatable bonds is 4. The van der Waals surface area contributed by atoms with Crippen LogP contribution in [0.2, 0.25) is 0 Å². The Morgan fingerprint density at radius 2 is 2.17 bits per heavy atom. The Hall–Kier alpha value is -1.26. The molecule has 0 aromatic heterocycles. The number of carbonyl (C=O) groups excluding carboxylic acids is 2. The van der Waals surface area contributed by atoms with E-state index in [1.165, 1.54) is 7.11 Å². The van der Waals surface area contributed by atoms with Crippen molar-refractivity contribution < 1.29 is 14.3 Å². The number of nitrogens with one attached hydrogen (secondary N) is 1. The third-order valence-corrected chi connectivity index (χ3v) is 1.52. The standard InChI is InChI=1S/C7H14N2O3/c1-5(6(8)10)3-4-9-7(11)12-2/h5H,3-4H2,1-2H3,(H2,8,10)(H,9,11). The maximum atomic E-state index is 10.5. The summed E-state index contributed by atoms with van der Waals surface area (Å²) in [7, 11) is 1.28. The SMILES string of the molecule is COC(=O)NCCC(C)C(N)=O. The van der Waals surface area contributed by atoms with E-state index < -0.39 is 6.09 Å². The van der Waals surface area contributed by atoms with Gasteiger partial charge in [0, 0.05) is 12.5 Å². The monoisotopic (exact) mass is 174 g/mol. The maximum Gasteiger partial charge on any atom is 0.406 e. The molecule has 0 radical (unpaired) electrons. The van der Waals surface area contributed by atoms with Crippen LogP contribution in [0.15, 0.2) is 0 Å². The molecule has 0 bridgehead atoms. The molecule has 70 valence electrons. The highest BCUT2D eigenvalue weighted by molar-refractivity contribution is 5.76. The fourth-order valence-electron chi connectivity index (χ4n) is 0.605. The molecule has 0 fully saturated rings. The maximum absolute atomic E-state index is 10.5. The lowest BCUT2D eigenvalue weighted by Crippen LogP contribution is -2.28. The van der Waals surface area contributed by atoms with Crippen LogP contribution < -0.4 is 11.1 Å². The quantitative estimate of drug-likeness (QED) is 0.622. The van der Waals surface area contributed by atoms with Gasteiger partial charge in [0.15, 0.2) is 0 Å². The van der Waals surface area contributed by atoms with Crippen molar-refractivity contribution in [3.63, 3.8) is 0 Å². The Kier molecular flexibility index (Phi) is 4.83. The minimum Gasteiger partial charge on any atom is -0.453 e. The van der Waals surface area contributed by atoms with Crippen LogP contribution in [-0.4, -0.2) is 25.7 Å². The van der Waals surface area contributed by atoms with Crippen molar-refractivity contribution in [3.05, 3.63) is 0 Å². The molecule has 12 heavy (non-hydrogen) atoms. The molecule has 0 aromatic carbocycles. The van der Waals surface area contributed by atoms with Gasteiger partial charge in [-0.25, -0.2) is 4.79 Å². The number of primary amides is 1. The Labute approximate surface area is 71.3 Å². The van der Waals surface area contributed by atoms with Gasteiger partial charge in [-0.1, -0.05) is 6.92 Å². The molecular weight excluding hydrogens is 160 g/mol. The van der Waals surface area contributed by atoms with Crippen LogP contribution in [0, 0.1) is 5.92 Å². The molecule has 1 unspecified atom stereocenters.